The molecule has 0 N–H and O–H groups in total. The van der Waals surface area contributed by atoms with E-state index in [0.717, 1.165) is 3.93 Å². The Morgan fingerprint density at radius 1 is 0.571 bits per heavy atom. The van der Waals surface area contributed by atoms with Crippen molar-refractivity contribution >= 4 is 33.3 Å². The summed E-state index contributed by atoms with van der Waals surface area (Å²) in [7, 11) is 0. The van der Waals surface area contributed by atoms with Crippen LogP contribution in [0.5, 0.6) is 0 Å². The fourth-order valence-electron chi connectivity index (χ4n) is 6.64. The van der Waals surface area contributed by atoms with Gasteiger partial charge in [0.1, 0.15) is 0 Å². The van der Waals surface area contributed by atoms with E-state index >= 15 is 0 Å². The number of benzene rings is 2. The normalized spacial score (nSPS) is 20.1. The van der Waals surface area contributed by atoms with E-state index in [2.05, 4.69) is 111 Å². The van der Waals surface area contributed by atoms with Crippen molar-refractivity contribution in [3.63, 3.8) is 0 Å². The summed E-state index contributed by atoms with van der Waals surface area (Å²) in [6, 6.07) is 10.2. The van der Waals surface area contributed by atoms with Crippen molar-refractivity contribution in [2.75, 3.05) is 0 Å². The Bertz CT molecular complexity index is 1080. The van der Waals surface area contributed by atoms with Crippen LogP contribution in [-0.2, 0) is 0 Å². The van der Waals surface area contributed by atoms with E-state index in [-0.39, 0.29) is 0 Å². The minimum atomic E-state index is -0.824. The van der Waals surface area contributed by atoms with E-state index in [1.54, 1.807) is 44.5 Å². The summed E-state index contributed by atoms with van der Waals surface area (Å²) >= 11 is -0.824. The standard InChI is InChI=1S/C33H43.CH3.Sn.H/c1-18(2)24-13-26(20(5)6)30-11-22(9)28(32(30)15-24)17-29-23(10)12-31-27(21(7)8)14-25(19(3)4)16-33(29)31;;;/h11-21,28-29H,1-10H3;1H3;;. The molecule has 0 saturated carbocycles. The topological polar surface area (TPSA) is 0 Å². The number of hydrogen-bond acceptors (Lipinski definition) is 0. The Labute approximate surface area is 225 Å². The molecule has 0 heterocycles. The van der Waals surface area contributed by atoms with Gasteiger partial charge in [-0.25, -0.2) is 0 Å². The summed E-state index contributed by atoms with van der Waals surface area (Å²) in [5.74, 6) is 3.41. The number of rotatable bonds is 7. The van der Waals surface area contributed by atoms with Crippen molar-refractivity contribution in [2.45, 2.75) is 114 Å². The molecule has 2 aromatic carbocycles. The number of hydrogen-bond donors (Lipinski definition) is 0. The molecule has 2 aliphatic carbocycles. The van der Waals surface area contributed by atoms with Crippen LogP contribution < -0.4 is 0 Å². The average molecular weight is 574 g/mol. The van der Waals surface area contributed by atoms with Gasteiger partial charge < -0.3 is 0 Å². The van der Waals surface area contributed by atoms with Crippen LogP contribution in [-0.4, -0.2) is 21.1 Å². The van der Waals surface area contributed by atoms with Crippen LogP contribution in [0.3, 0.4) is 0 Å². The Balaban J connectivity index is 1.89. The van der Waals surface area contributed by atoms with Crippen molar-refractivity contribution < 1.29 is 0 Å². The molecule has 187 valence electrons. The summed E-state index contributed by atoms with van der Waals surface area (Å²) in [5, 5.41) is 0. The third kappa shape index (κ3) is 4.74. The van der Waals surface area contributed by atoms with Gasteiger partial charge in [-0.15, -0.1) is 0 Å². The van der Waals surface area contributed by atoms with Crippen molar-refractivity contribution in [1.29, 1.82) is 0 Å². The average Bonchev–Trinajstić information content (AvgIpc) is 3.29. The van der Waals surface area contributed by atoms with Crippen LogP contribution in [0, 0.1) is 0 Å². The van der Waals surface area contributed by atoms with E-state index in [1.165, 1.54) is 11.1 Å². The van der Waals surface area contributed by atoms with Gasteiger partial charge in [-0.3, -0.25) is 0 Å². The first-order valence-corrected chi connectivity index (χ1v) is 19.2. The third-order valence-corrected chi connectivity index (χ3v) is 13.1. The minimum absolute atomic E-state index is 0.558. The summed E-state index contributed by atoms with van der Waals surface area (Å²) in [5.41, 5.74) is 15.7. The first-order chi connectivity index (χ1) is 16.5. The molecule has 0 aromatic heterocycles. The molecule has 4 rings (SSSR count). The van der Waals surface area contributed by atoms with Crippen molar-refractivity contribution in [3.05, 3.63) is 79.9 Å². The zero-order valence-electron chi connectivity index (χ0n) is 24.1. The molecule has 0 aliphatic heterocycles. The molecule has 0 spiro atoms. The van der Waals surface area contributed by atoms with Gasteiger partial charge in [0.2, 0.25) is 0 Å². The van der Waals surface area contributed by atoms with Crippen LogP contribution in [0.4, 0.5) is 0 Å². The van der Waals surface area contributed by atoms with E-state index < -0.39 is 21.1 Å². The summed E-state index contributed by atoms with van der Waals surface area (Å²) in [6.07, 6.45) is 5.12. The SMILES string of the molecule is [CH3][SnH][CH](C1C(C)=Cc2c(C(C)C)cc(C(C)C)cc21)C1C(C)=Cc2c(C(C)C)cc(C(C)C)cc21. The molecule has 2 aromatic rings. The van der Waals surface area contributed by atoms with Crippen molar-refractivity contribution in [2.24, 2.45) is 0 Å². The fraction of sp³-hybridized carbons (Fsp3) is 0.529. The van der Waals surface area contributed by atoms with Crippen LogP contribution in [0.2, 0.25) is 8.87 Å². The van der Waals surface area contributed by atoms with Gasteiger partial charge in [-0.1, -0.05) is 0 Å². The van der Waals surface area contributed by atoms with Gasteiger partial charge in [0, 0.05) is 0 Å². The molecule has 0 bridgehead atoms. The molecular formula is C34H47Sn. The fourth-order valence-corrected chi connectivity index (χ4v) is 11.8. The van der Waals surface area contributed by atoms with E-state index in [9.17, 15) is 0 Å². The molecule has 2 unspecified atom stereocenters. The second-order valence-electron chi connectivity index (χ2n) is 12.5. The maximum atomic E-state index is 2.61. The first-order valence-electron chi connectivity index (χ1n) is 14.0. The van der Waals surface area contributed by atoms with Gasteiger partial charge in [0.15, 0.2) is 0 Å². The first kappa shape index (κ1) is 26.8. The van der Waals surface area contributed by atoms with Crippen LogP contribution in [0.1, 0.15) is 149 Å². The zero-order valence-corrected chi connectivity index (χ0v) is 27.4. The second-order valence-corrected chi connectivity index (χ2v) is 16.6. The molecule has 0 fully saturated rings. The zero-order chi connectivity index (χ0) is 25.8. The number of allylic oxidation sites excluding steroid dienone is 2. The quantitative estimate of drug-likeness (QED) is 0.289. The summed E-state index contributed by atoms with van der Waals surface area (Å²) in [4.78, 5) is 2.61. The van der Waals surface area contributed by atoms with E-state index in [1.807, 2.05) is 0 Å². The molecule has 1 radical (unpaired) electrons. The maximum absolute atomic E-state index is 2.61. The van der Waals surface area contributed by atoms with Gasteiger partial charge in [0.25, 0.3) is 0 Å². The summed E-state index contributed by atoms with van der Waals surface area (Å²) < 4.78 is 0.769. The molecule has 0 amide bonds. The molecule has 2 aliphatic rings. The van der Waals surface area contributed by atoms with Gasteiger partial charge in [0.05, 0.1) is 0 Å². The van der Waals surface area contributed by atoms with Crippen molar-refractivity contribution in [1.82, 2.24) is 0 Å². The molecular weight excluding hydrogens is 527 g/mol. The van der Waals surface area contributed by atoms with Gasteiger partial charge in [-0.2, -0.15) is 0 Å². The number of fused-ring (bicyclic) bond motifs is 2. The molecule has 2 atom stereocenters. The molecule has 35 heavy (non-hydrogen) atoms. The predicted molar refractivity (Wildman–Crippen MR) is 159 cm³/mol. The Morgan fingerprint density at radius 2 is 0.943 bits per heavy atom. The summed E-state index contributed by atoms with van der Waals surface area (Å²) in [6.45, 7) is 23.7. The van der Waals surface area contributed by atoms with Crippen LogP contribution >= 0.6 is 0 Å². The third-order valence-electron chi connectivity index (χ3n) is 8.66. The molecule has 0 nitrogen and oxygen atoms in total. The van der Waals surface area contributed by atoms with Gasteiger partial charge >= 0.3 is 227 Å². The Morgan fingerprint density at radius 3 is 1.23 bits per heavy atom. The van der Waals surface area contributed by atoms with Crippen LogP contribution in [0.15, 0.2) is 35.4 Å². The van der Waals surface area contributed by atoms with Crippen molar-refractivity contribution in [3.8, 4) is 0 Å². The van der Waals surface area contributed by atoms with E-state index in [0.29, 0.717) is 35.5 Å². The monoisotopic (exact) mass is 575 g/mol. The molecule has 1 heteroatoms. The molecule has 0 saturated heterocycles. The second kappa shape index (κ2) is 10.2. The van der Waals surface area contributed by atoms with Gasteiger partial charge in [-0.05, 0) is 0 Å². The Kier molecular flexibility index (Phi) is 7.83. The van der Waals surface area contributed by atoms with Crippen LogP contribution in [0.25, 0.3) is 12.2 Å². The predicted octanol–water partition coefficient (Wildman–Crippen LogP) is 10.2. The van der Waals surface area contributed by atoms with E-state index in [4.69, 9.17) is 0 Å². The Hall–Kier alpha value is -1.28.